The molecule has 4 rings (SSSR count). The maximum absolute atomic E-state index is 13.9. The van der Waals surface area contributed by atoms with Gasteiger partial charge in [0.2, 0.25) is 5.91 Å². The smallest absolute Gasteiger partial charge is 0.252 e. The van der Waals surface area contributed by atoms with Crippen LogP contribution < -0.4 is 15.5 Å². The average Bonchev–Trinajstić information content (AvgIpc) is 3.01. The first-order valence-electron chi connectivity index (χ1n) is 8.80. The van der Waals surface area contributed by atoms with Gasteiger partial charge in [0.05, 0.1) is 6.04 Å². The molecule has 1 saturated heterocycles. The highest BCUT2D eigenvalue weighted by molar-refractivity contribution is 5.99. The lowest BCUT2D eigenvalue weighted by molar-refractivity contribution is -0.117. The summed E-state index contributed by atoms with van der Waals surface area (Å²) >= 11 is 0. The summed E-state index contributed by atoms with van der Waals surface area (Å²) in [6.07, 6.45) is 0.952. The van der Waals surface area contributed by atoms with E-state index in [0.717, 1.165) is 23.4 Å². The number of hydrogen-bond acceptors (Lipinski definition) is 3. The minimum absolute atomic E-state index is 0.0237. The first-order chi connectivity index (χ1) is 12.6. The molecule has 0 spiro atoms. The maximum Gasteiger partial charge on any atom is 0.252 e. The Kier molecular flexibility index (Phi) is 4.42. The summed E-state index contributed by atoms with van der Waals surface area (Å²) < 4.78 is 13.9. The van der Waals surface area contributed by atoms with Crippen molar-refractivity contribution >= 4 is 17.5 Å². The average molecular weight is 353 g/mol. The van der Waals surface area contributed by atoms with Crippen molar-refractivity contribution in [1.29, 1.82) is 0 Å². The van der Waals surface area contributed by atoms with Gasteiger partial charge in [-0.2, -0.15) is 0 Å². The van der Waals surface area contributed by atoms with Crippen molar-refractivity contribution in [3.8, 4) is 0 Å². The maximum atomic E-state index is 13.9. The van der Waals surface area contributed by atoms with E-state index in [9.17, 15) is 14.0 Å². The van der Waals surface area contributed by atoms with Gasteiger partial charge in [0.25, 0.3) is 5.91 Å². The molecule has 0 aliphatic carbocycles. The fourth-order valence-electron chi connectivity index (χ4n) is 3.69. The summed E-state index contributed by atoms with van der Waals surface area (Å²) in [6.45, 7) is 1.75. The number of hydrogen-bond donors (Lipinski definition) is 2. The summed E-state index contributed by atoms with van der Waals surface area (Å²) in [6, 6.07) is 11.9. The highest BCUT2D eigenvalue weighted by Gasteiger charge is 2.32. The Morgan fingerprint density at radius 3 is 2.85 bits per heavy atom. The second kappa shape index (κ2) is 6.88. The van der Waals surface area contributed by atoms with E-state index < -0.39 is 5.82 Å². The lowest BCUT2D eigenvalue weighted by atomic mass is 9.95. The van der Waals surface area contributed by atoms with E-state index >= 15 is 0 Å². The minimum Gasteiger partial charge on any atom is -0.347 e. The number of halogens is 1. The number of fused-ring (bicyclic) bond motifs is 1. The van der Waals surface area contributed by atoms with Crippen LogP contribution in [0.2, 0.25) is 0 Å². The van der Waals surface area contributed by atoms with Crippen molar-refractivity contribution in [1.82, 2.24) is 10.6 Å². The Bertz CT molecular complexity index is 854. The number of rotatable bonds is 3. The highest BCUT2D eigenvalue weighted by atomic mass is 19.1. The molecule has 2 heterocycles. The zero-order valence-electron chi connectivity index (χ0n) is 14.3. The van der Waals surface area contributed by atoms with Crippen molar-refractivity contribution in [2.75, 3.05) is 18.0 Å². The van der Waals surface area contributed by atoms with Crippen LogP contribution in [0, 0.1) is 5.82 Å². The van der Waals surface area contributed by atoms with Crippen LogP contribution >= 0.6 is 0 Å². The van der Waals surface area contributed by atoms with Gasteiger partial charge in [-0.05, 0) is 48.4 Å². The summed E-state index contributed by atoms with van der Waals surface area (Å²) in [7, 11) is 0. The van der Waals surface area contributed by atoms with Gasteiger partial charge in [-0.3, -0.25) is 9.59 Å². The van der Waals surface area contributed by atoms with E-state index in [4.69, 9.17) is 0 Å². The zero-order chi connectivity index (χ0) is 18.1. The monoisotopic (exact) mass is 353 g/mol. The number of benzene rings is 2. The standard InChI is InChI=1S/C20H20FN3O2/c21-14-8-13-6-7-22-11-18(13)17(9-14)20(26)23-15-10-19(25)24(12-15)16-4-2-1-3-5-16/h1-5,8-9,15,22H,6-7,10-12H2,(H,23,26). The first-order valence-corrected chi connectivity index (χ1v) is 8.80. The van der Waals surface area contributed by atoms with Gasteiger partial charge in [-0.25, -0.2) is 4.39 Å². The molecule has 26 heavy (non-hydrogen) atoms. The molecule has 134 valence electrons. The Balaban J connectivity index is 1.51. The molecule has 0 bridgehead atoms. The quantitative estimate of drug-likeness (QED) is 0.887. The molecule has 0 saturated carbocycles. The third-order valence-corrected chi connectivity index (χ3v) is 4.95. The van der Waals surface area contributed by atoms with E-state index in [-0.39, 0.29) is 24.3 Å². The molecule has 5 nitrogen and oxygen atoms in total. The van der Waals surface area contributed by atoms with Crippen molar-refractivity contribution in [3.05, 3.63) is 65.0 Å². The number of nitrogens with one attached hydrogen (secondary N) is 2. The van der Waals surface area contributed by atoms with Crippen molar-refractivity contribution in [3.63, 3.8) is 0 Å². The molecule has 2 aliphatic rings. The van der Waals surface area contributed by atoms with Gasteiger partial charge in [0.1, 0.15) is 5.82 Å². The van der Waals surface area contributed by atoms with Crippen LogP contribution in [0.3, 0.4) is 0 Å². The van der Waals surface area contributed by atoms with Gasteiger partial charge in [0.15, 0.2) is 0 Å². The summed E-state index contributed by atoms with van der Waals surface area (Å²) in [5, 5.41) is 6.13. The second-order valence-corrected chi connectivity index (χ2v) is 6.73. The Morgan fingerprint density at radius 1 is 1.23 bits per heavy atom. The third-order valence-electron chi connectivity index (χ3n) is 4.95. The molecule has 1 unspecified atom stereocenters. The minimum atomic E-state index is -0.399. The number of anilines is 1. The second-order valence-electron chi connectivity index (χ2n) is 6.73. The zero-order valence-corrected chi connectivity index (χ0v) is 14.3. The molecule has 1 fully saturated rings. The van der Waals surface area contributed by atoms with E-state index in [0.29, 0.717) is 25.1 Å². The van der Waals surface area contributed by atoms with E-state index in [2.05, 4.69) is 10.6 Å². The van der Waals surface area contributed by atoms with Crippen molar-refractivity contribution < 1.29 is 14.0 Å². The molecule has 0 radical (unpaired) electrons. The Labute approximate surface area is 151 Å². The number of carbonyl (C=O) groups excluding carboxylic acids is 2. The largest absolute Gasteiger partial charge is 0.347 e. The molecular formula is C20H20FN3O2. The number of carbonyl (C=O) groups is 2. The van der Waals surface area contributed by atoms with Crippen molar-refractivity contribution in [2.45, 2.75) is 25.4 Å². The fraction of sp³-hybridized carbons (Fsp3) is 0.300. The topological polar surface area (TPSA) is 61.4 Å². The van der Waals surface area contributed by atoms with Crippen LogP contribution in [0.4, 0.5) is 10.1 Å². The van der Waals surface area contributed by atoms with Crippen molar-refractivity contribution in [2.24, 2.45) is 0 Å². The van der Waals surface area contributed by atoms with Crippen LogP contribution in [0.25, 0.3) is 0 Å². The Morgan fingerprint density at radius 2 is 2.04 bits per heavy atom. The summed E-state index contributed by atoms with van der Waals surface area (Å²) in [5.41, 5.74) is 2.90. The lowest BCUT2D eigenvalue weighted by Crippen LogP contribution is -2.38. The molecule has 0 aromatic heterocycles. The molecule has 2 aliphatic heterocycles. The number of amides is 2. The molecular weight excluding hydrogens is 333 g/mol. The summed E-state index contributed by atoms with van der Waals surface area (Å²) in [5.74, 6) is -0.745. The Hall–Kier alpha value is -2.73. The molecule has 2 aromatic carbocycles. The number of nitrogens with zero attached hydrogens (tertiary/aromatic N) is 1. The molecule has 2 aromatic rings. The third kappa shape index (κ3) is 3.20. The van der Waals surface area contributed by atoms with E-state index in [1.165, 1.54) is 12.1 Å². The van der Waals surface area contributed by atoms with Crippen LogP contribution in [-0.2, 0) is 17.8 Å². The van der Waals surface area contributed by atoms with Crippen LogP contribution in [0.1, 0.15) is 27.9 Å². The summed E-state index contributed by atoms with van der Waals surface area (Å²) in [4.78, 5) is 26.7. The molecule has 2 N–H and O–H groups in total. The predicted octanol–water partition coefficient (Wildman–Crippen LogP) is 2.01. The highest BCUT2D eigenvalue weighted by Crippen LogP contribution is 2.23. The fourth-order valence-corrected chi connectivity index (χ4v) is 3.69. The predicted molar refractivity (Wildman–Crippen MR) is 96.5 cm³/mol. The van der Waals surface area contributed by atoms with Gasteiger partial charge in [-0.15, -0.1) is 0 Å². The normalized spacial score (nSPS) is 19.3. The lowest BCUT2D eigenvalue weighted by Gasteiger charge is -2.21. The van der Waals surface area contributed by atoms with Gasteiger partial charge in [-0.1, -0.05) is 18.2 Å². The molecule has 2 amide bonds. The van der Waals surface area contributed by atoms with Gasteiger partial charge in [0, 0.05) is 30.8 Å². The number of para-hydroxylation sites is 1. The van der Waals surface area contributed by atoms with Crippen LogP contribution in [0.15, 0.2) is 42.5 Å². The van der Waals surface area contributed by atoms with E-state index in [1.807, 2.05) is 30.3 Å². The SMILES string of the molecule is O=C(NC1CC(=O)N(c2ccccc2)C1)c1cc(F)cc2c1CNCC2. The van der Waals surface area contributed by atoms with E-state index in [1.54, 1.807) is 4.90 Å². The molecule has 1 atom stereocenters. The van der Waals surface area contributed by atoms with Crippen LogP contribution in [0.5, 0.6) is 0 Å². The van der Waals surface area contributed by atoms with Crippen LogP contribution in [-0.4, -0.2) is 30.9 Å². The van der Waals surface area contributed by atoms with Gasteiger partial charge >= 0.3 is 0 Å². The van der Waals surface area contributed by atoms with Gasteiger partial charge < -0.3 is 15.5 Å². The molecule has 6 heteroatoms. The first kappa shape index (κ1) is 16.7.